The highest BCUT2D eigenvalue weighted by molar-refractivity contribution is 7.91. The van der Waals surface area contributed by atoms with Gasteiger partial charge in [-0.2, -0.15) is 0 Å². The molecule has 32 heavy (non-hydrogen) atoms. The first-order valence-electron chi connectivity index (χ1n) is 9.72. The van der Waals surface area contributed by atoms with Crippen molar-refractivity contribution in [1.29, 1.82) is 0 Å². The number of ether oxygens (including phenoxy) is 1. The van der Waals surface area contributed by atoms with Crippen molar-refractivity contribution in [1.82, 2.24) is 5.32 Å². The number of halogens is 1. The van der Waals surface area contributed by atoms with Gasteiger partial charge in [0, 0.05) is 11.6 Å². The topological polar surface area (TPSA) is 133 Å². The lowest BCUT2D eigenvalue weighted by molar-refractivity contribution is -0.384. The smallest absolute Gasteiger partial charge is 0.328 e. The van der Waals surface area contributed by atoms with Gasteiger partial charge in [0.1, 0.15) is 11.1 Å². The third-order valence-corrected chi connectivity index (χ3v) is 6.65. The molecule has 0 unspecified atom stereocenters. The maximum Gasteiger partial charge on any atom is 0.328 e. The van der Waals surface area contributed by atoms with Crippen LogP contribution in [0.15, 0.2) is 53.4 Å². The van der Waals surface area contributed by atoms with Crippen LogP contribution < -0.4 is 5.32 Å². The minimum absolute atomic E-state index is 0.0338. The number of nitro groups is 1. The van der Waals surface area contributed by atoms with Crippen molar-refractivity contribution in [2.45, 2.75) is 31.2 Å². The van der Waals surface area contributed by atoms with Crippen LogP contribution in [0, 0.1) is 16.0 Å². The van der Waals surface area contributed by atoms with E-state index in [2.05, 4.69) is 5.32 Å². The first-order valence-corrected chi connectivity index (χ1v) is 11.7. The van der Waals surface area contributed by atoms with Gasteiger partial charge in [0.15, 0.2) is 9.84 Å². The molecule has 172 valence electrons. The molecule has 1 N–H and O–H groups in total. The predicted molar refractivity (Wildman–Crippen MR) is 118 cm³/mol. The molecule has 1 amide bonds. The van der Waals surface area contributed by atoms with E-state index < -0.39 is 38.4 Å². The molecule has 0 fully saturated rings. The average Bonchev–Trinajstić information content (AvgIpc) is 2.75. The summed E-state index contributed by atoms with van der Waals surface area (Å²) in [5.41, 5.74) is -0.462. The Morgan fingerprint density at radius 2 is 1.81 bits per heavy atom. The Balaban J connectivity index is 1.96. The van der Waals surface area contributed by atoms with Gasteiger partial charge in [0.25, 0.3) is 11.6 Å². The van der Waals surface area contributed by atoms with Gasteiger partial charge in [-0.25, -0.2) is 13.2 Å². The SMILES string of the molecule is CC(C)[C@H](NC(=O)c1ccc(Cl)c([N+](=O)[O-])c1)C(=O)OCCCS(=O)(=O)c1ccccc1. The highest BCUT2D eigenvalue weighted by atomic mass is 35.5. The lowest BCUT2D eigenvalue weighted by Crippen LogP contribution is -2.45. The van der Waals surface area contributed by atoms with Crippen LogP contribution >= 0.6 is 11.6 Å². The highest BCUT2D eigenvalue weighted by Crippen LogP contribution is 2.25. The summed E-state index contributed by atoms with van der Waals surface area (Å²) in [6, 6.07) is 10.5. The van der Waals surface area contributed by atoms with Crippen LogP contribution in [0.5, 0.6) is 0 Å². The van der Waals surface area contributed by atoms with Crippen molar-refractivity contribution < 1.29 is 27.7 Å². The summed E-state index contributed by atoms with van der Waals surface area (Å²) in [6.45, 7) is 3.24. The van der Waals surface area contributed by atoms with E-state index in [1.54, 1.807) is 32.0 Å². The summed E-state index contributed by atoms with van der Waals surface area (Å²) < 4.78 is 29.7. The molecular weight excluding hydrogens is 460 g/mol. The van der Waals surface area contributed by atoms with Gasteiger partial charge in [-0.1, -0.05) is 43.6 Å². The van der Waals surface area contributed by atoms with Crippen LogP contribution in [0.2, 0.25) is 5.02 Å². The molecule has 0 aromatic heterocycles. The second-order valence-electron chi connectivity index (χ2n) is 7.27. The Bertz CT molecular complexity index is 1090. The monoisotopic (exact) mass is 482 g/mol. The summed E-state index contributed by atoms with van der Waals surface area (Å²) >= 11 is 5.75. The summed E-state index contributed by atoms with van der Waals surface area (Å²) in [7, 11) is -3.49. The van der Waals surface area contributed by atoms with Crippen molar-refractivity contribution in [2.24, 2.45) is 5.92 Å². The van der Waals surface area contributed by atoms with E-state index in [4.69, 9.17) is 16.3 Å². The van der Waals surface area contributed by atoms with Crippen LogP contribution in [-0.4, -0.2) is 43.6 Å². The van der Waals surface area contributed by atoms with E-state index in [1.807, 2.05) is 0 Å². The van der Waals surface area contributed by atoms with Gasteiger partial charge in [-0.15, -0.1) is 0 Å². The minimum Gasteiger partial charge on any atom is -0.464 e. The van der Waals surface area contributed by atoms with Gasteiger partial charge in [0.2, 0.25) is 0 Å². The number of sulfone groups is 1. The second kappa shape index (κ2) is 11.1. The molecule has 11 heteroatoms. The molecule has 0 bridgehead atoms. The Labute approximate surface area is 190 Å². The zero-order valence-corrected chi connectivity index (χ0v) is 19.1. The van der Waals surface area contributed by atoms with E-state index in [0.717, 1.165) is 6.07 Å². The molecule has 0 radical (unpaired) electrons. The molecule has 0 spiro atoms. The van der Waals surface area contributed by atoms with E-state index in [0.29, 0.717) is 0 Å². The van der Waals surface area contributed by atoms with E-state index in [9.17, 15) is 28.1 Å². The number of nitrogens with one attached hydrogen (secondary N) is 1. The molecule has 0 aliphatic carbocycles. The second-order valence-corrected chi connectivity index (χ2v) is 9.79. The third kappa shape index (κ3) is 6.76. The first-order chi connectivity index (χ1) is 15.0. The molecule has 9 nitrogen and oxygen atoms in total. The number of carbonyl (C=O) groups excluding carboxylic acids is 2. The number of benzene rings is 2. The summed E-state index contributed by atoms with van der Waals surface area (Å²) in [5.74, 6) is -1.97. The van der Waals surface area contributed by atoms with Gasteiger partial charge in [-0.3, -0.25) is 14.9 Å². The van der Waals surface area contributed by atoms with Crippen molar-refractivity contribution in [2.75, 3.05) is 12.4 Å². The number of hydrogen-bond acceptors (Lipinski definition) is 7. The highest BCUT2D eigenvalue weighted by Gasteiger charge is 2.27. The van der Waals surface area contributed by atoms with E-state index >= 15 is 0 Å². The third-order valence-electron chi connectivity index (χ3n) is 4.52. The molecule has 0 heterocycles. The molecule has 0 saturated carbocycles. The van der Waals surface area contributed by atoms with Crippen LogP contribution in [0.4, 0.5) is 5.69 Å². The minimum atomic E-state index is -3.49. The number of rotatable bonds is 10. The number of hydrogen-bond donors (Lipinski definition) is 1. The summed E-state index contributed by atoms with van der Waals surface area (Å²) in [5, 5.41) is 13.4. The zero-order valence-electron chi connectivity index (χ0n) is 17.5. The number of carbonyl (C=O) groups is 2. The van der Waals surface area contributed by atoms with Gasteiger partial charge in [-0.05, 0) is 36.6 Å². The first kappa shape index (κ1) is 25.3. The molecule has 0 saturated heterocycles. The van der Waals surface area contributed by atoms with Gasteiger partial charge in [0.05, 0.1) is 22.2 Å². The van der Waals surface area contributed by atoms with Crippen molar-refractivity contribution in [3.63, 3.8) is 0 Å². The molecule has 2 aromatic carbocycles. The van der Waals surface area contributed by atoms with Gasteiger partial charge < -0.3 is 10.1 Å². The Morgan fingerprint density at radius 3 is 2.41 bits per heavy atom. The molecular formula is C21H23ClN2O7S. The molecule has 0 aliphatic rings. The molecule has 2 aromatic rings. The van der Waals surface area contributed by atoms with Gasteiger partial charge >= 0.3 is 5.97 Å². The Kier molecular flexibility index (Phi) is 8.73. The number of esters is 1. The number of amides is 1. The Hall–Kier alpha value is -2.98. The van der Waals surface area contributed by atoms with Crippen molar-refractivity contribution in [3.8, 4) is 0 Å². The maximum atomic E-state index is 12.5. The zero-order chi connectivity index (χ0) is 23.9. The Morgan fingerprint density at radius 1 is 1.16 bits per heavy atom. The van der Waals surface area contributed by atoms with Crippen LogP contribution in [0.1, 0.15) is 30.6 Å². The van der Waals surface area contributed by atoms with Crippen LogP contribution in [-0.2, 0) is 19.4 Å². The number of nitro benzene ring substituents is 1. The fourth-order valence-electron chi connectivity index (χ4n) is 2.77. The normalized spacial score (nSPS) is 12.2. The summed E-state index contributed by atoms with van der Waals surface area (Å²) in [4.78, 5) is 35.5. The van der Waals surface area contributed by atoms with Crippen LogP contribution in [0.25, 0.3) is 0 Å². The molecule has 1 atom stereocenters. The van der Waals surface area contributed by atoms with Crippen molar-refractivity contribution >= 4 is 39.0 Å². The molecule has 2 rings (SSSR count). The summed E-state index contributed by atoms with van der Waals surface area (Å²) in [6.07, 6.45) is 0.0884. The predicted octanol–water partition coefficient (Wildman–Crippen LogP) is 3.41. The van der Waals surface area contributed by atoms with Crippen molar-refractivity contribution in [3.05, 3.63) is 69.2 Å². The maximum absolute atomic E-state index is 12.5. The quantitative estimate of drug-likeness (QED) is 0.237. The lowest BCUT2D eigenvalue weighted by Gasteiger charge is -2.21. The molecule has 0 aliphatic heterocycles. The van der Waals surface area contributed by atoms with E-state index in [1.165, 1.54) is 24.3 Å². The van der Waals surface area contributed by atoms with Crippen LogP contribution in [0.3, 0.4) is 0 Å². The van der Waals surface area contributed by atoms with E-state index in [-0.39, 0.29) is 40.2 Å². The fourth-order valence-corrected chi connectivity index (χ4v) is 4.27. The lowest BCUT2D eigenvalue weighted by atomic mass is 10.0. The number of nitrogens with zero attached hydrogens (tertiary/aromatic N) is 1. The average molecular weight is 483 g/mol. The standard InChI is InChI=1S/C21H23ClN2O7S/c1-14(2)19(23-20(25)15-9-10-17(22)18(13-15)24(27)28)21(26)31-11-6-12-32(29,30)16-7-4-3-5-8-16/h3-5,7-10,13-14,19H,6,11-12H2,1-2H3,(H,23,25)/t19-/m0/s1. The largest absolute Gasteiger partial charge is 0.464 e. The fraction of sp³-hybridized carbons (Fsp3) is 0.333.